The Balaban J connectivity index is 1.96. The predicted molar refractivity (Wildman–Crippen MR) is 76.1 cm³/mol. The monoisotopic (exact) mass is 275 g/mol. The molecule has 0 radical (unpaired) electrons. The average Bonchev–Trinajstić information content (AvgIpc) is 2.69. The van der Waals surface area contributed by atoms with Gasteiger partial charge in [0, 0.05) is 13.1 Å². The zero-order valence-corrected chi connectivity index (χ0v) is 12.0. The Kier molecular flexibility index (Phi) is 4.77. The van der Waals surface area contributed by atoms with Crippen molar-refractivity contribution in [3.63, 3.8) is 0 Å². The Labute approximate surface area is 119 Å². The van der Waals surface area contributed by atoms with E-state index in [2.05, 4.69) is 12.1 Å². The molecule has 20 heavy (non-hydrogen) atoms. The number of nitrogens with zero attached hydrogens (tertiary/aromatic N) is 1. The average molecular weight is 275 g/mol. The lowest BCUT2D eigenvalue weighted by Gasteiger charge is -2.19. The third-order valence-corrected chi connectivity index (χ3v) is 3.83. The van der Waals surface area contributed by atoms with Crippen LogP contribution in [0.15, 0.2) is 30.3 Å². The molecule has 0 spiro atoms. The van der Waals surface area contributed by atoms with Crippen LogP contribution in [-0.2, 0) is 20.7 Å². The number of ether oxygens (including phenoxy) is 1. The van der Waals surface area contributed by atoms with Gasteiger partial charge in [-0.15, -0.1) is 0 Å². The van der Waals surface area contributed by atoms with E-state index < -0.39 is 0 Å². The lowest BCUT2D eigenvalue weighted by molar-refractivity contribution is -0.146. The summed E-state index contributed by atoms with van der Waals surface area (Å²) in [7, 11) is 1.82. The summed E-state index contributed by atoms with van der Waals surface area (Å²) in [6.07, 6.45) is 1.76. The minimum atomic E-state index is -0.278. The lowest BCUT2D eigenvalue weighted by Crippen LogP contribution is -2.31. The van der Waals surface area contributed by atoms with Crippen molar-refractivity contribution in [1.29, 1.82) is 0 Å². The molecule has 0 aromatic heterocycles. The lowest BCUT2D eigenvalue weighted by atomic mass is 9.97. The van der Waals surface area contributed by atoms with Crippen LogP contribution in [0.25, 0.3) is 0 Å². The number of carbonyl (C=O) groups is 2. The van der Waals surface area contributed by atoms with Crippen LogP contribution in [0.1, 0.15) is 25.3 Å². The van der Waals surface area contributed by atoms with Gasteiger partial charge in [-0.2, -0.15) is 0 Å². The second-order valence-electron chi connectivity index (χ2n) is 5.23. The van der Waals surface area contributed by atoms with Gasteiger partial charge in [-0.1, -0.05) is 30.3 Å². The highest BCUT2D eigenvalue weighted by molar-refractivity contribution is 5.85. The SMILES string of the molecule is CCOC(=O)CC1C[C@H](Cc2ccccc2)N(C)C1=O. The zero-order chi connectivity index (χ0) is 14.5. The Hall–Kier alpha value is -1.84. The second kappa shape index (κ2) is 6.55. The molecule has 1 aromatic rings. The molecule has 0 bridgehead atoms. The van der Waals surface area contributed by atoms with Crippen LogP contribution >= 0.6 is 0 Å². The molecule has 0 N–H and O–H groups in total. The summed E-state index contributed by atoms with van der Waals surface area (Å²) in [5.41, 5.74) is 1.22. The van der Waals surface area contributed by atoms with Crippen LogP contribution in [-0.4, -0.2) is 36.5 Å². The third kappa shape index (κ3) is 3.38. The highest BCUT2D eigenvalue weighted by Crippen LogP contribution is 2.28. The number of hydrogen-bond acceptors (Lipinski definition) is 3. The minimum absolute atomic E-state index is 0.0546. The van der Waals surface area contributed by atoms with Crippen LogP contribution in [0.3, 0.4) is 0 Å². The molecule has 1 saturated heterocycles. The van der Waals surface area contributed by atoms with E-state index in [0.29, 0.717) is 6.61 Å². The van der Waals surface area contributed by atoms with Crippen LogP contribution in [0.2, 0.25) is 0 Å². The first-order chi connectivity index (χ1) is 9.61. The summed E-state index contributed by atoms with van der Waals surface area (Å²) >= 11 is 0. The van der Waals surface area contributed by atoms with E-state index in [0.717, 1.165) is 12.8 Å². The Morgan fingerprint density at radius 3 is 2.70 bits per heavy atom. The van der Waals surface area contributed by atoms with Crippen molar-refractivity contribution in [3.8, 4) is 0 Å². The number of carbonyl (C=O) groups excluding carboxylic acids is 2. The van der Waals surface area contributed by atoms with Crippen molar-refractivity contribution < 1.29 is 14.3 Å². The first-order valence-corrected chi connectivity index (χ1v) is 7.08. The van der Waals surface area contributed by atoms with Crippen molar-refractivity contribution >= 4 is 11.9 Å². The number of hydrogen-bond donors (Lipinski definition) is 0. The Morgan fingerprint density at radius 2 is 2.05 bits per heavy atom. The van der Waals surface area contributed by atoms with Crippen molar-refractivity contribution in [2.24, 2.45) is 5.92 Å². The number of amides is 1. The molecule has 1 unspecified atom stereocenters. The molecule has 1 fully saturated rings. The van der Waals surface area contributed by atoms with Gasteiger partial charge in [0.15, 0.2) is 0 Å². The Bertz CT molecular complexity index is 472. The van der Waals surface area contributed by atoms with Gasteiger partial charge < -0.3 is 9.64 Å². The molecule has 1 aliphatic heterocycles. The highest BCUT2D eigenvalue weighted by Gasteiger charge is 2.38. The number of rotatable bonds is 5. The summed E-state index contributed by atoms with van der Waals surface area (Å²) < 4.78 is 4.93. The minimum Gasteiger partial charge on any atom is -0.466 e. The van der Waals surface area contributed by atoms with Gasteiger partial charge in [-0.25, -0.2) is 0 Å². The zero-order valence-electron chi connectivity index (χ0n) is 12.0. The topological polar surface area (TPSA) is 46.6 Å². The number of benzene rings is 1. The van der Waals surface area contributed by atoms with E-state index in [9.17, 15) is 9.59 Å². The maximum absolute atomic E-state index is 12.2. The summed E-state index contributed by atoms with van der Waals surface area (Å²) in [6, 6.07) is 10.3. The number of esters is 1. The van der Waals surface area contributed by atoms with E-state index in [4.69, 9.17) is 4.74 Å². The van der Waals surface area contributed by atoms with Crippen molar-refractivity contribution in [3.05, 3.63) is 35.9 Å². The molecule has 1 aliphatic rings. The largest absolute Gasteiger partial charge is 0.466 e. The van der Waals surface area contributed by atoms with Crippen LogP contribution in [0.5, 0.6) is 0 Å². The van der Waals surface area contributed by atoms with Gasteiger partial charge >= 0.3 is 5.97 Å². The fraction of sp³-hybridized carbons (Fsp3) is 0.500. The van der Waals surface area contributed by atoms with Crippen molar-refractivity contribution in [1.82, 2.24) is 4.90 Å². The maximum atomic E-state index is 12.2. The van der Waals surface area contributed by atoms with E-state index in [-0.39, 0.29) is 30.3 Å². The third-order valence-electron chi connectivity index (χ3n) is 3.83. The van der Waals surface area contributed by atoms with Gasteiger partial charge in [-0.05, 0) is 25.3 Å². The maximum Gasteiger partial charge on any atom is 0.306 e. The Morgan fingerprint density at radius 1 is 1.35 bits per heavy atom. The highest BCUT2D eigenvalue weighted by atomic mass is 16.5. The molecule has 4 nitrogen and oxygen atoms in total. The molecule has 4 heteroatoms. The first kappa shape index (κ1) is 14.6. The van der Waals surface area contributed by atoms with E-state index in [1.165, 1.54) is 5.56 Å². The molecule has 1 heterocycles. The normalized spacial score (nSPS) is 22.1. The summed E-state index contributed by atoms with van der Waals surface area (Å²) in [6.45, 7) is 2.14. The molecule has 1 amide bonds. The van der Waals surface area contributed by atoms with Crippen LogP contribution in [0, 0.1) is 5.92 Å². The smallest absolute Gasteiger partial charge is 0.306 e. The predicted octanol–water partition coefficient (Wildman–Crippen LogP) is 2.03. The van der Waals surface area contributed by atoms with Gasteiger partial charge in [-0.3, -0.25) is 9.59 Å². The molecule has 108 valence electrons. The molecule has 2 rings (SSSR count). The summed E-state index contributed by atoms with van der Waals surface area (Å²) in [5, 5.41) is 0. The second-order valence-corrected chi connectivity index (χ2v) is 5.23. The van der Waals surface area contributed by atoms with Gasteiger partial charge in [0.25, 0.3) is 0 Å². The summed E-state index contributed by atoms with van der Waals surface area (Å²) in [4.78, 5) is 25.5. The molecular weight excluding hydrogens is 254 g/mol. The molecule has 1 aromatic carbocycles. The van der Waals surface area contributed by atoms with Gasteiger partial charge in [0.1, 0.15) is 0 Å². The molecule has 0 saturated carbocycles. The van der Waals surface area contributed by atoms with Gasteiger partial charge in [0.05, 0.1) is 18.9 Å². The van der Waals surface area contributed by atoms with E-state index in [1.807, 2.05) is 25.2 Å². The fourth-order valence-electron chi connectivity index (χ4n) is 2.75. The number of likely N-dealkylation sites (tertiary alicyclic amines) is 1. The molecule has 2 atom stereocenters. The van der Waals surface area contributed by atoms with E-state index in [1.54, 1.807) is 11.8 Å². The van der Waals surface area contributed by atoms with Crippen LogP contribution < -0.4 is 0 Å². The van der Waals surface area contributed by atoms with Crippen molar-refractivity contribution in [2.45, 2.75) is 32.2 Å². The van der Waals surface area contributed by atoms with Crippen molar-refractivity contribution in [2.75, 3.05) is 13.7 Å². The molecule has 0 aliphatic carbocycles. The quantitative estimate of drug-likeness (QED) is 0.772. The summed E-state index contributed by atoms with van der Waals surface area (Å²) in [5.74, 6) is -0.452. The first-order valence-electron chi connectivity index (χ1n) is 7.08. The number of likely N-dealkylation sites (N-methyl/N-ethyl adjacent to an activating group) is 1. The standard InChI is InChI=1S/C16H21NO3/c1-3-20-15(18)11-13-10-14(17(2)16(13)19)9-12-7-5-4-6-8-12/h4-8,13-14H,3,9-11H2,1-2H3/t13?,14-/m0/s1. The molecular formula is C16H21NO3. The van der Waals surface area contributed by atoms with Gasteiger partial charge in [0.2, 0.25) is 5.91 Å². The van der Waals surface area contributed by atoms with Crippen LogP contribution in [0.4, 0.5) is 0 Å². The van der Waals surface area contributed by atoms with E-state index >= 15 is 0 Å². The fourth-order valence-corrected chi connectivity index (χ4v) is 2.75.